The molecule has 1 atom stereocenters. The van der Waals surface area contributed by atoms with Crippen molar-refractivity contribution < 1.29 is 5.11 Å². The van der Waals surface area contributed by atoms with Crippen LogP contribution in [0.5, 0.6) is 0 Å². The van der Waals surface area contributed by atoms with Crippen LogP contribution in [-0.2, 0) is 19.5 Å². The Morgan fingerprint density at radius 1 is 1.41 bits per heavy atom. The van der Waals surface area contributed by atoms with Gasteiger partial charge in [0.1, 0.15) is 0 Å². The molecule has 0 saturated carbocycles. The molecule has 4 heteroatoms. The predicted molar refractivity (Wildman–Crippen MR) is 69.9 cm³/mol. The molecule has 17 heavy (non-hydrogen) atoms. The third-order valence-electron chi connectivity index (χ3n) is 3.15. The topological polar surface area (TPSA) is 50.1 Å². The largest absolute Gasteiger partial charge is 0.389 e. The second-order valence-electron chi connectivity index (χ2n) is 4.75. The van der Waals surface area contributed by atoms with Crippen molar-refractivity contribution in [2.24, 2.45) is 0 Å². The first-order valence-electron chi connectivity index (χ1n) is 6.51. The van der Waals surface area contributed by atoms with Gasteiger partial charge in [-0.1, -0.05) is 13.8 Å². The summed E-state index contributed by atoms with van der Waals surface area (Å²) < 4.78 is 2.02. The van der Waals surface area contributed by atoms with Gasteiger partial charge in [0.25, 0.3) is 0 Å². The Kier molecular flexibility index (Phi) is 5.15. The predicted octanol–water partition coefficient (Wildman–Crippen LogP) is 1.72. The van der Waals surface area contributed by atoms with Gasteiger partial charge in [-0.05, 0) is 32.8 Å². The van der Waals surface area contributed by atoms with E-state index in [0.29, 0.717) is 6.54 Å². The van der Waals surface area contributed by atoms with E-state index in [2.05, 4.69) is 30.3 Å². The van der Waals surface area contributed by atoms with Crippen molar-refractivity contribution in [3.8, 4) is 0 Å². The van der Waals surface area contributed by atoms with Gasteiger partial charge < -0.3 is 10.4 Å². The van der Waals surface area contributed by atoms with Crippen molar-refractivity contribution in [2.75, 3.05) is 6.54 Å². The van der Waals surface area contributed by atoms with Crippen LogP contribution in [0.4, 0.5) is 0 Å². The zero-order chi connectivity index (χ0) is 12.9. The fourth-order valence-corrected chi connectivity index (χ4v) is 1.69. The summed E-state index contributed by atoms with van der Waals surface area (Å²) >= 11 is 0. The van der Waals surface area contributed by atoms with Gasteiger partial charge in [0.2, 0.25) is 0 Å². The first-order chi connectivity index (χ1) is 8.02. The Morgan fingerprint density at radius 3 is 2.65 bits per heavy atom. The van der Waals surface area contributed by atoms with Crippen LogP contribution < -0.4 is 5.32 Å². The van der Waals surface area contributed by atoms with Gasteiger partial charge in [-0.25, -0.2) is 0 Å². The first kappa shape index (κ1) is 14.2. The molecule has 0 saturated heterocycles. The highest BCUT2D eigenvalue weighted by Gasteiger charge is 2.16. The minimum Gasteiger partial charge on any atom is -0.389 e. The van der Waals surface area contributed by atoms with Crippen LogP contribution in [0.2, 0.25) is 0 Å². The summed E-state index contributed by atoms with van der Waals surface area (Å²) in [6, 6.07) is 2.14. The lowest BCUT2D eigenvalue weighted by Crippen LogP contribution is -2.37. The number of nitrogens with one attached hydrogen (secondary N) is 1. The highest BCUT2D eigenvalue weighted by molar-refractivity contribution is 5.10. The number of hydrogen-bond donors (Lipinski definition) is 2. The molecule has 0 fully saturated rings. The molecular formula is C13H25N3O. The molecule has 98 valence electrons. The number of rotatable bonds is 7. The molecular weight excluding hydrogens is 214 g/mol. The third-order valence-corrected chi connectivity index (χ3v) is 3.15. The van der Waals surface area contributed by atoms with Gasteiger partial charge in [0.05, 0.1) is 17.0 Å². The second kappa shape index (κ2) is 6.17. The average molecular weight is 239 g/mol. The maximum absolute atomic E-state index is 9.89. The molecule has 0 aliphatic heterocycles. The maximum atomic E-state index is 9.89. The molecule has 4 nitrogen and oxygen atoms in total. The number of aliphatic hydroxyl groups is 1. The average Bonchev–Trinajstić information content (AvgIpc) is 2.71. The second-order valence-corrected chi connectivity index (χ2v) is 4.75. The van der Waals surface area contributed by atoms with Crippen molar-refractivity contribution in [3.05, 3.63) is 17.5 Å². The summed E-state index contributed by atoms with van der Waals surface area (Å²) in [6.45, 7) is 10.3. The van der Waals surface area contributed by atoms with Crippen molar-refractivity contribution in [2.45, 2.75) is 59.2 Å². The Bertz CT molecular complexity index is 344. The Balaban J connectivity index is 2.54. The molecule has 0 aliphatic rings. The Hall–Kier alpha value is -0.870. The minimum atomic E-state index is -0.620. The van der Waals surface area contributed by atoms with Crippen molar-refractivity contribution in [1.29, 1.82) is 0 Å². The van der Waals surface area contributed by atoms with E-state index in [0.717, 1.165) is 31.6 Å². The van der Waals surface area contributed by atoms with Gasteiger partial charge >= 0.3 is 0 Å². The molecule has 1 aromatic rings. The standard InChI is InChI=1S/C13H25N3O/c1-5-11-8-12(16(7-3)15-11)9-14-10-13(4,17)6-2/h8,14,17H,5-7,9-10H2,1-4H3. The van der Waals surface area contributed by atoms with Gasteiger partial charge in [-0.3, -0.25) is 4.68 Å². The van der Waals surface area contributed by atoms with Crippen LogP contribution >= 0.6 is 0 Å². The molecule has 1 aromatic heterocycles. The van der Waals surface area contributed by atoms with E-state index < -0.39 is 5.60 Å². The highest BCUT2D eigenvalue weighted by atomic mass is 16.3. The van der Waals surface area contributed by atoms with Crippen molar-refractivity contribution in [1.82, 2.24) is 15.1 Å². The minimum absolute atomic E-state index is 0.611. The summed E-state index contributed by atoms with van der Waals surface area (Å²) in [4.78, 5) is 0. The molecule has 0 aliphatic carbocycles. The zero-order valence-corrected chi connectivity index (χ0v) is 11.5. The van der Waals surface area contributed by atoms with Crippen molar-refractivity contribution >= 4 is 0 Å². The molecule has 1 rings (SSSR count). The summed E-state index contributed by atoms with van der Waals surface area (Å²) in [5, 5.41) is 17.7. The maximum Gasteiger partial charge on any atom is 0.0741 e. The van der Waals surface area contributed by atoms with Crippen molar-refractivity contribution in [3.63, 3.8) is 0 Å². The van der Waals surface area contributed by atoms with Gasteiger partial charge in [0.15, 0.2) is 0 Å². The van der Waals surface area contributed by atoms with Crippen LogP contribution in [0.15, 0.2) is 6.07 Å². The van der Waals surface area contributed by atoms with Gasteiger partial charge in [0, 0.05) is 19.6 Å². The van der Waals surface area contributed by atoms with E-state index in [-0.39, 0.29) is 0 Å². The molecule has 1 unspecified atom stereocenters. The van der Waals surface area contributed by atoms with Crippen LogP contribution in [-0.4, -0.2) is 27.0 Å². The summed E-state index contributed by atoms with van der Waals surface area (Å²) in [5.74, 6) is 0. The smallest absolute Gasteiger partial charge is 0.0741 e. The number of aromatic nitrogens is 2. The molecule has 2 N–H and O–H groups in total. The SMILES string of the molecule is CCc1cc(CNCC(C)(O)CC)n(CC)n1. The molecule has 0 aromatic carbocycles. The molecule has 0 spiro atoms. The van der Waals surface area contributed by atoms with E-state index in [9.17, 15) is 5.11 Å². The summed E-state index contributed by atoms with van der Waals surface area (Å²) in [6.07, 6.45) is 1.72. The highest BCUT2D eigenvalue weighted by Crippen LogP contribution is 2.08. The molecule has 1 heterocycles. The number of aryl methyl sites for hydroxylation is 2. The van der Waals surface area contributed by atoms with Crippen LogP contribution in [0, 0.1) is 0 Å². The fourth-order valence-electron chi connectivity index (χ4n) is 1.69. The van der Waals surface area contributed by atoms with Gasteiger partial charge in [-0.2, -0.15) is 5.10 Å². The zero-order valence-electron chi connectivity index (χ0n) is 11.5. The molecule has 0 amide bonds. The first-order valence-corrected chi connectivity index (χ1v) is 6.51. The Morgan fingerprint density at radius 2 is 2.12 bits per heavy atom. The summed E-state index contributed by atoms with van der Waals surface area (Å²) in [5.41, 5.74) is 1.70. The quantitative estimate of drug-likeness (QED) is 0.761. The monoisotopic (exact) mass is 239 g/mol. The fraction of sp³-hybridized carbons (Fsp3) is 0.769. The molecule has 0 radical (unpaired) electrons. The van der Waals surface area contributed by atoms with Gasteiger partial charge in [-0.15, -0.1) is 0 Å². The van der Waals surface area contributed by atoms with E-state index in [4.69, 9.17) is 0 Å². The van der Waals surface area contributed by atoms with Crippen LogP contribution in [0.3, 0.4) is 0 Å². The third kappa shape index (κ3) is 4.13. The van der Waals surface area contributed by atoms with Crippen LogP contribution in [0.1, 0.15) is 45.5 Å². The lowest BCUT2D eigenvalue weighted by molar-refractivity contribution is 0.0554. The molecule has 0 bridgehead atoms. The van der Waals surface area contributed by atoms with Crippen LogP contribution in [0.25, 0.3) is 0 Å². The Labute approximate surface area is 104 Å². The van der Waals surface area contributed by atoms with E-state index in [1.165, 1.54) is 5.69 Å². The normalized spacial score (nSPS) is 14.9. The summed E-state index contributed by atoms with van der Waals surface area (Å²) in [7, 11) is 0. The number of hydrogen-bond acceptors (Lipinski definition) is 3. The van der Waals surface area contributed by atoms with E-state index in [1.54, 1.807) is 0 Å². The van der Waals surface area contributed by atoms with E-state index >= 15 is 0 Å². The lowest BCUT2D eigenvalue weighted by atomic mass is 10.0. The lowest BCUT2D eigenvalue weighted by Gasteiger charge is -2.21. The number of nitrogens with zero attached hydrogens (tertiary/aromatic N) is 2. The van der Waals surface area contributed by atoms with E-state index in [1.807, 2.05) is 18.5 Å².